The predicted molar refractivity (Wildman–Crippen MR) is 160 cm³/mol. The normalized spacial score (nSPS) is 14.2. The molecular weight excluding hydrogens is 521 g/mol. The molecule has 4 N–H and O–H groups in total. The number of nitrogens with zero attached hydrogens (tertiary/aromatic N) is 6. The molecular formula is C30H32FN9O. The molecule has 1 aliphatic rings. The van der Waals surface area contributed by atoms with E-state index in [-0.39, 0.29) is 11.7 Å². The van der Waals surface area contributed by atoms with Gasteiger partial charge in [-0.1, -0.05) is 13.3 Å². The second-order valence-electron chi connectivity index (χ2n) is 10.4. The Labute approximate surface area is 236 Å². The molecule has 1 aliphatic heterocycles. The number of fused-ring (bicyclic) bond motifs is 2. The Morgan fingerprint density at radius 2 is 1.93 bits per heavy atom. The molecule has 5 aromatic rings. The van der Waals surface area contributed by atoms with Crippen LogP contribution in [0, 0.1) is 5.82 Å². The van der Waals surface area contributed by atoms with E-state index < -0.39 is 5.82 Å². The van der Waals surface area contributed by atoms with E-state index >= 15 is 4.39 Å². The first-order chi connectivity index (χ1) is 19.9. The monoisotopic (exact) mass is 553 g/mol. The zero-order chi connectivity index (χ0) is 28.5. The van der Waals surface area contributed by atoms with Gasteiger partial charge in [0.2, 0.25) is 5.91 Å². The maximum atomic E-state index is 16.4. The van der Waals surface area contributed by atoms with Gasteiger partial charge in [0, 0.05) is 67.1 Å². The van der Waals surface area contributed by atoms with E-state index in [2.05, 4.69) is 42.1 Å². The van der Waals surface area contributed by atoms with Gasteiger partial charge in [-0.05, 0) is 43.8 Å². The summed E-state index contributed by atoms with van der Waals surface area (Å²) in [5.41, 5.74) is 9.99. The van der Waals surface area contributed by atoms with Gasteiger partial charge in [0.25, 0.3) is 0 Å². The summed E-state index contributed by atoms with van der Waals surface area (Å²) in [6, 6.07) is 8.62. The number of imidazole rings is 1. The van der Waals surface area contributed by atoms with Crippen LogP contribution in [-0.4, -0.2) is 69.0 Å². The molecule has 1 aromatic carbocycles. The molecule has 0 spiro atoms. The van der Waals surface area contributed by atoms with Gasteiger partial charge < -0.3 is 25.8 Å². The lowest BCUT2D eigenvalue weighted by atomic mass is 10.00. The summed E-state index contributed by atoms with van der Waals surface area (Å²) in [4.78, 5) is 38.3. The van der Waals surface area contributed by atoms with E-state index in [0.29, 0.717) is 45.5 Å². The molecule has 210 valence electrons. The van der Waals surface area contributed by atoms with Crippen LogP contribution in [0.2, 0.25) is 0 Å². The van der Waals surface area contributed by atoms with E-state index in [4.69, 9.17) is 10.7 Å². The van der Waals surface area contributed by atoms with Gasteiger partial charge in [-0.2, -0.15) is 0 Å². The highest BCUT2D eigenvalue weighted by Crippen LogP contribution is 2.37. The van der Waals surface area contributed by atoms with Crippen molar-refractivity contribution in [3.63, 3.8) is 0 Å². The van der Waals surface area contributed by atoms with Crippen LogP contribution in [0.5, 0.6) is 0 Å². The molecule has 0 radical (unpaired) electrons. The summed E-state index contributed by atoms with van der Waals surface area (Å²) in [6.45, 7) is 5.60. The van der Waals surface area contributed by atoms with Crippen molar-refractivity contribution in [1.82, 2.24) is 29.8 Å². The van der Waals surface area contributed by atoms with Gasteiger partial charge >= 0.3 is 0 Å². The Bertz CT molecular complexity index is 1740. The Hall–Kier alpha value is -4.64. The molecule has 6 rings (SSSR count). The van der Waals surface area contributed by atoms with Gasteiger partial charge in [0.15, 0.2) is 5.82 Å². The number of piperazine rings is 1. The van der Waals surface area contributed by atoms with Crippen LogP contribution >= 0.6 is 0 Å². The van der Waals surface area contributed by atoms with Crippen molar-refractivity contribution < 1.29 is 9.18 Å². The molecule has 0 aliphatic carbocycles. The van der Waals surface area contributed by atoms with E-state index in [1.807, 2.05) is 13.0 Å². The maximum absolute atomic E-state index is 16.4. The van der Waals surface area contributed by atoms with Gasteiger partial charge in [-0.15, -0.1) is 0 Å². The number of pyridine rings is 3. The molecule has 10 nitrogen and oxygen atoms in total. The number of nitrogens with one attached hydrogen (secondary N) is 2. The third-order valence-electron chi connectivity index (χ3n) is 7.46. The number of benzene rings is 1. The number of H-pyrrole nitrogens is 1. The first-order valence-corrected chi connectivity index (χ1v) is 13.8. The number of amides is 1. The van der Waals surface area contributed by atoms with Crippen molar-refractivity contribution >= 4 is 45.2 Å². The van der Waals surface area contributed by atoms with Crippen molar-refractivity contribution in [2.24, 2.45) is 0 Å². The highest BCUT2D eigenvalue weighted by atomic mass is 19.1. The number of hydrogen-bond donors (Lipinski definition) is 3. The lowest BCUT2D eigenvalue weighted by Crippen LogP contribution is -2.44. The quantitative estimate of drug-likeness (QED) is 0.261. The van der Waals surface area contributed by atoms with Gasteiger partial charge in [-0.3, -0.25) is 9.78 Å². The highest BCUT2D eigenvalue weighted by Gasteiger charge is 2.22. The molecule has 0 saturated carbocycles. The number of anilines is 3. The maximum Gasteiger partial charge on any atom is 0.224 e. The first-order valence-electron chi connectivity index (χ1n) is 13.8. The second kappa shape index (κ2) is 11.1. The SMILES string of the molecule is CCCCC(=O)Nc1cncc(-c2ccc3nc(N)cc(-c4nc5c(N6CCN(C)CC6)nccc5[nH]4)c3c2F)c1. The summed E-state index contributed by atoms with van der Waals surface area (Å²) in [7, 11) is 2.11. The van der Waals surface area contributed by atoms with Crippen LogP contribution < -0.4 is 16.0 Å². The average molecular weight is 554 g/mol. The number of unbranched alkanes of at least 4 members (excludes halogenated alkanes) is 1. The molecule has 11 heteroatoms. The Kier molecular flexibility index (Phi) is 7.19. The fourth-order valence-corrected chi connectivity index (χ4v) is 5.23. The topological polar surface area (TPSA) is 129 Å². The minimum atomic E-state index is -0.473. The van der Waals surface area contributed by atoms with Crippen LogP contribution in [0.1, 0.15) is 26.2 Å². The van der Waals surface area contributed by atoms with Crippen LogP contribution in [0.3, 0.4) is 0 Å². The first kappa shape index (κ1) is 26.6. The van der Waals surface area contributed by atoms with Crippen molar-refractivity contribution in [2.45, 2.75) is 26.2 Å². The summed E-state index contributed by atoms with van der Waals surface area (Å²) in [5.74, 6) is 0.972. The van der Waals surface area contributed by atoms with Crippen LogP contribution in [0.25, 0.3) is 44.5 Å². The smallest absolute Gasteiger partial charge is 0.224 e. The number of carbonyl (C=O) groups excluding carboxylic acids is 1. The third kappa shape index (κ3) is 5.28. The van der Waals surface area contributed by atoms with Crippen LogP contribution in [0.15, 0.2) is 48.9 Å². The van der Waals surface area contributed by atoms with E-state index in [1.165, 1.54) is 0 Å². The largest absolute Gasteiger partial charge is 0.384 e. The predicted octanol–water partition coefficient (Wildman–Crippen LogP) is 4.84. The van der Waals surface area contributed by atoms with E-state index in [0.717, 1.165) is 55.9 Å². The Balaban J connectivity index is 1.42. The van der Waals surface area contributed by atoms with E-state index in [1.54, 1.807) is 42.9 Å². The summed E-state index contributed by atoms with van der Waals surface area (Å²) in [6.07, 6.45) is 7.04. The lowest BCUT2D eigenvalue weighted by Gasteiger charge is -2.33. The Morgan fingerprint density at radius 3 is 2.73 bits per heavy atom. The number of halogens is 1. The lowest BCUT2D eigenvalue weighted by molar-refractivity contribution is -0.116. The number of nitrogen functional groups attached to an aromatic ring is 1. The Morgan fingerprint density at radius 1 is 1.10 bits per heavy atom. The zero-order valence-electron chi connectivity index (χ0n) is 23.1. The standard InChI is InChI=1S/C30H32FN9O/c1-3-4-5-25(41)35-19-14-18(16-33-17-19)20-6-7-22-26(27(20)31)21(15-24(32)36-22)29-37-23-8-9-34-30(28(23)38-29)40-12-10-39(2)11-13-40/h6-9,14-17H,3-5,10-13H2,1-2H3,(H2,32,36)(H,35,41)(H,37,38). The van der Waals surface area contributed by atoms with Gasteiger partial charge in [0.1, 0.15) is 23.0 Å². The fraction of sp³-hybridized carbons (Fsp3) is 0.300. The number of nitrogens with two attached hydrogens (primary N) is 1. The highest BCUT2D eigenvalue weighted by molar-refractivity contribution is 6.00. The molecule has 0 bridgehead atoms. The van der Waals surface area contributed by atoms with E-state index in [9.17, 15) is 4.79 Å². The third-order valence-corrected chi connectivity index (χ3v) is 7.46. The molecule has 41 heavy (non-hydrogen) atoms. The van der Waals surface area contributed by atoms with Crippen LogP contribution in [-0.2, 0) is 4.79 Å². The van der Waals surface area contributed by atoms with Gasteiger partial charge in [-0.25, -0.2) is 19.3 Å². The summed E-state index contributed by atoms with van der Waals surface area (Å²) in [5, 5.41) is 3.15. The molecule has 1 amide bonds. The molecule has 0 unspecified atom stereocenters. The molecule has 0 atom stereocenters. The van der Waals surface area contributed by atoms with Crippen molar-refractivity contribution in [1.29, 1.82) is 0 Å². The number of likely N-dealkylation sites (N-methyl/N-ethyl adjacent to an activating group) is 1. The summed E-state index contributed by atoms with van der Waals surface area (Å²) < 4.78 is 16.4. The molecule has 1 fully saturated rings. The van der Waals surface area contributed by atoms with Crippen molar-refractivity contribution in [3.05, 3.63) is 54.7 Å². The number of aromatic amines is 1. The van der Waals surface area contributed by atoms with Crippen molar-refractivity contribution in [3.8, 4) is 22.5 Å². The second-order valence-corrected chi connectivity index (χ2v) is 10.4. The number of rotatable bonds is 7. The molecule has 4 aromatic heterocycles. The van der Waals surface area contributed by atoms with Gasteiger partial charge in [0.05, 0.1) is 22.9 Å². The minimum Gasteiger partial charge on any atom is -0.384 e. The minimum absolute atomic E-state index is 0.0953. The van der Waals surface area contributed by atoms with Crippen LogP contribution in [0.4, 0.5) is 21.7 Å². The number of carbonyl (C=O) groups is 1. The zero-order valence-corrected chi connectivity index (χ0v) is 23.1. The number of hydrogen-bond acceptors (Lipinski definition) is 8. The molecule has 1 saturated heterocycles. The fourth-order valence-electron chi connectivity index (χ4n) is 5.23. The summed E-state index contributed by atoms with van der Waals surface area (Å²) >= 11 is 0. The molecule has 5 heterocycles. The van der Waals surface area contributed by atoms with Crippen molar-refractivity contribution in [2.75, 3.05) is 49.2 Å². The number of aromatic nitrogens is 5. The average Bonchev–Trinajstić information content (AvgIpc) is 3.41.